The summed E-state index contributed by atoms with van der Waals surface area (Å²) in [6.07, 6.45) is 0. The number of aliphatic hydroxyl groups is 1. The highest BCUT2D eigenvalue weighted by atomic mass is 16.3. The summed E-state index contributed by atoms with van der Waals surface area (Å²) in [4.78, 5) is 14.1. The fourth-order valence-electron chi connectivity index (χ4n) is 6.29. The fraction of sp³-hybridized carbons (Fsp3) is 0.111. The van der Waals surface area contributed by atoms with Gasteiger partial charge in [0.1, 0.15) is 5.76 Å². The average Bonchev–Trinajstić information content (AvgIpc) is 3.41. The molecule has 0 bridgehead atoms. The van der Waals surface area contributed by atoms with E-state index in [0.717, 1.165) is 56.1 Å². The Hall–Kier alpha value is -4.96. The first-order chi connectivity index (χ1) is 19.4. The number of fused-ring (bicyclic) bond motifs is 2. The number of Topliss-reactive ketones (excluding diaryl/α,β-unsaturated/α-hetero) is 1. The lowest BCUT2D eigenvalue weighted by atomic mass is 9.78. The lowest BCUT2D eigenvalue weighted by molar-refractivity contribution is -0.111. The molecule has 1 aliphatic carbocycles. The number of aromatic nitrogens is 1. The minimum absolute atomic E-state index is 0.0646. The highest BCUT2D eigenvalue weighted by Gasteiger charge is 2.45. The number of allylic oxidation sites excluding steroid dienone is 3. The van der Waals surface area contributed by atoms with E-state index in [2.05, 4.69) is 83.7 Å². The zero-order chi connectivity index (χ0) is 27.7. The predicted molar refractivity (Wildman–Crippen MR) is 164 cm³/mol. The smallest absolute Gasteiger partial charge is 0.219 e. The largest absolute Gasteiger partial charge is 0.506 e. The highest BCUT2D eigenvalue weighted by molar-refractivity contribution is 6.48. The summed E-state index contributed by atoms with van der Waals surface area (Å²) in [5.74, 6) is -0.0582. The second-order valence-corrected chi connectivity index (χ2v) is 10.7. The fourth-order valence-corrected chi connectivity index (χ4v) is 6.29. The van der Waals surface area contributed by atoms with Crippen LogP contribution in [0.3, 0.4) is 0 Å². The van der Waals surface area contributed by atoms with Crippen molar-refractivity contribution in [3.63, 3.8) is 0 Å². The van der Waals surface area contributed by atoms with Crippen molar-refractivity contribution in [2.45, 2.75) is 27.7 Å². The van der Waals surface area contributed by atoms with Crippen molar-refractivity contribution in [2.75, 3.05) is 0 Å². The van der Waals surface area contributed by atoms with Crippen LogP contribution in [0.25, 0.3) is 27.7 Å². The van der Waals surface area contributed by atoms with Gasteiger partial charge in [0.05, 0.1) is 27.8 Å². The summed E-state index contributed by atoms with van der Waals surface area (Å²) in [5.41, 5.74) is 11.6. The molecule has 2 aliphatic rings. The number of benzene rings is 4. The lowest BCUT2D eigenvalue weighted by Gasteiger charge is -2.23. The van der Waals surface area contributed by atoms with Crippen LogP contribution in [0.15, 0.2) is 108 Å². The number of carbonyl (C=O) groups is 1. The monoisotopic (exact) mass is 521 g/mol. The van der Waals surface area contributed by atoms with Gasteiger partial charge in [-0.2, -0.15) is 4.58 Å². The SMILES string of the molecule is CC1=[N+](c2ccc(C)cc2)c2ccccc2/C1=C1/C(=O)C(c2c(C)n(-c3ccc(C)cc3)c3ccccc23)=C1O. The molecule has 0 fully saturated rings. The minimum atomic E-state index is -0.123. The standard InChI is InChI=1S/C36H28N2O2/c1-21-13-17-25(18-14-21)37-23(3)31(27-9-5-7-11-29(27)37)33-35(39)34(36(33)40)32-24(4)38(26-19-15-22(2)16-20-26)30-12-8-6-10-28(30)32/h5-20H,1-4H3/p+1. The van der Waals surface area contributed by atoms with Crippen molar-refractivity contribution in [3.05, 3.63) is 136 Å². The number of carbonyl (C=O) groups excluding carboxylic acids is 1. The Kier molecular flexibility index (Phi) is 5.29. The normalized spacial score (nSPS) is 16.6. The first-order valence-electron chi connectivity index (χ1n) is 13.6. The van der Waals surface area contributed by atoms with Gasteiger partial charge in [0.15, 0.2) is 5.71 Å². The van der Waals surface area contributed by atoms with Crippen molar-refractivity contribution in [2.24, 2.45) is 0 Å². The molecule has 5 aromatic rings. The van der Waals surface area contributed by atoms with Crippen LogP contribution in [0.2, 0.25) is 0 Å². The van der Waals surface area contributed by atoms with Crippen molar-refractivity contribution in [1.82, 2.24) is 9.14 Å². The number of nitrogens with zero attached hydrogens (tertiary/aromatic N) is 2. The number of aryl methyl sites for hydroxylation is 2. The molecule has 0 saturated carbocycles. The molecular weight excluding hydrogens is 492 g/mol. The summed E-state index contributed by atoms with van der Waals surface area (Å²) in [6.45, 7) is 8.19. The molecule has 40 heavy (non-hydrogen) atoms. The van der Waals surface area contributed by atoms with Crippen LogP contribution in [0, 0.1) is 20.8 Å². The van der Waals surface area contributed by atoms with Gasteiger partial charge < -0.3 is 9.67 Å². The number of aliphatic hydroxyl groups excluding tert-OH is 1. The minimum Gasteiger partial charge on any atom is -0.506 e. The van der Waals surface area contributed by atoms with Gasteiger partial charge in [-0.25, -0.2) is 0 Å². The van der Waals surface area contributed by atoms with E-state index >= 15 is 0 Å². The van der Waals surface area contributed by atoms with Gasteiger partial charge in [-0.1, -0.05) is 65.7 Å². The maximum atomic E-state index is 14.1. The van der Waals surface area contributed by atoms with Crippen molar-refractivity contribution < 1.29 is 9.90 Å². The Morgan fingerprint density at radius 2 is 1.30 bits per heavy atom. The van der Waals surface area contributed by atoms with Crippen LogP contribution in [0.4, 0.5) is 11.4 Å². The third-order valence-electron chi connectivity index (χ3n) is 8.24. The first kappa shape index (κ1) is 24.1. The van der Waals surface area contributed by atoms with Crippen LogP contribution in [0.1, 0.15) is 34.9 Å². The van der Waals surface area contributed by atoms with E-state index in [1.807, 2.05) is 50.2 Å². The molecule has 4 aromatic carbocycles. The highest BCUT2D eigenvalue weighted by Crippen LogP contribution is 2.48. The van der Waals surface area contributed by atoms with Crippen LogP contribution in [0.5, 0.6) is 0 Å². The molecule has 0 spiro atoms. The molecule has 0 radical (unpaired) electrons. The number of ketones is 1. The van der Waals surface area contributed by atoms with Gasteiger partial charge in [0, 0.05) is 47.5 Å². The lowest BCUT2D eigenvalue weighted by Crippen LogP contribution is -2.24. The van der Waals surface area contributed by atoms with Gasteiger partial charge >= 0.3 is 0 Å². The maximum absolute atomic E-state index is 14.1. The zero-order valence-corrected chi connectivity index (χ0v) is 23.0. The van der Waals surface area contributed by atoms with Gasteiger partial charge in [-0.15, -0.1) is 0 Å². The van der Waals surface area contributed by atoms with E-state index in [-0.39, 0.29) is 11.5 Å². The Balaban J connectivity index is 1.46. The summed E-state index contributed by atoms with van der Waals surface area (Å²) >= 11 is 0. The molecule has 1 aromatic heterocycles. The second-order valence-electron chi connectivity index (χ2n) is 10.7. The number of hydrogen-bond donors (Lipinski definition) is 1. The molecule has 194 valence electrons. The van der Waals surface area contributed by atoms with Gasteiger partial charge in [0.2, 0.25) is 17.2 Å². The topological polar surface area (TPSA) is 45.2 Å². The Morgan fingerprint density at radius 1 is 0.675 bits per heavy atom. The van der Waals surface area contributed by atoms with E-state index < -0.39 is 0 Å². The van der Waals surface area contributed by atoms with Crippen molar-refractivity contribution >= 4 is 44.9 Å². The predicted octanol–water partition coefficient (Wildman–Crippen LogP) is 8.17. The number of hydrogen-bond acceptors (Lipinski definition) is 2. The van der Waals surface area contributed by atoms with Crippen LogP contribution in [-0.4, -0.2) is 21.2 Å². The van der Waals surface area contributed by atoms with E-state index in [9.17, 15) is 9.90 Å². The third kappa shape index (κ3) is 3.32. The summed E-state index contributed by atoms with van der Waals surface area (Å²) in [6, 6.07) is 32.9. The van der Waals surface area contributed by atoms with Gasteiger partial charge in [0.25, 0.3) is 0 Å². The Labute approximate surface area is 233 Å². The second kappa shape index (κ2) is 8.78. The molecule has 4 nitrogen and oxygen atoms in total. The molecule has 0 unspecified atom stereocenters. The van der Waals surface area contributed by atoms with E-state index in [4.69, 9.17) is 0 Å². The summed E-state index contributed by atoms with van der Waals surface area (Å²) < 4.78 is 4.34. The Bertz CT molecular complexity index is 1980. The zero-order valence-electron chi connectivity index (χ0n) is 23.0. The van der Waals surface area contributed by atoms with Gasteiger partial charge in [-0.05, 0) is 45.0 Å². The third-order valence-corrected chi connectivity index (χ3v) is 8.24. The quantitative estimate of drug-likeness (QED) is 0.192. The molecule has 1 N–H and O–H groups in total. The molecule has 0 saturated heterocycles. The van der Waals surface area contributed by atoms with E-state index in [1.165, 1.54) is 11.1 Å². The summed E-state index contributed by atoms with van der Waals surface area (Å²) in [7, 11) is 0. The van der Waals surface area contributed by atoms with E-state index in [0.29, 0.717) is 11.1 Å². The Morgan fingerprint density at radius 3 is 2.00 bits per heavy atom. The average molecular weight is 522 g/mol. The molecule has 0 atom stereocenters. The molecular formula is C36H29N2O2+. The van der Waals surface area contributed by atoms with Crippen molar-refractivity contribution in [3.8, 4) is 5.69 Å². The van der Waals surface area contributed by atoms with E-state index in [1.54, 1.807) is 0 Å². The molecule has 7 rings (SSSR count). The molecule has 0 amide bonds. The van der Waals surface area contributed by atoms with Crippen LogP contribution in [-0.2, 0) is 4.79 Å². The van der Waals surface area contributed by atoms with Crippen molar-refractivity contribution in [1.29, 1.82) is 0 Å². The van der Waals surface area contributed by atoms with Crippen LogP contribution >= 0.6 is 0 Å². The maximum Gasteiger partial charge on any atom is 0.219 e. The van der Waals surface area contributed by atoms with Gasteiger partial charge in [-0.3, -0.25) is 4.79 Å². The molecule has 4 heteroatoms. The molecule has 2 heterocycles. The number of para-hydroxylation sites is 2. The first-order valence-corrected chi connectivity index (χ1v) is 13.6. The summed E-state index contributed by atoms with van der Waals surface area (Å²) in [5, 5.41) is 12.6. The van der Waals surface area contributed by atoms with Crippen LogP contribution < -0.4 is 4.58 Å². The molecule has 1 aliphatic heterocycles. The number of rotatable bonds is 3.